The van der Waals surface area contributed by atoms with Gasteiger partial charge in [0.2, 0.25) is 0 Å². The lowest BCUT2D eigenvalue weighted by molar-refractivity contribution is -0.139. The van der Waals surface area contributed by atoms with Gasteiger partial charge in [-0.15, -0.1) is 0 Å². The molecule has 0 aliphatic carbocycles. The minimum atomic E-state index is -0.772. The number of halogens is 1. The Bertz CT molecular complexity index is 1820. The highest BCUT2D eigenvalue weighted by atomic mass is 32.1. The highest BCUT2D eigenvalue weighted by molar-refractivity contribution is 7.07. The first-order chi connectivity index (χ1) is 20.3. The van der Waals surface area contributed by atoms with Crippen molar-refractivity contribution >= 4 is 23.4 Å². The summed E-state index contributed by atoms with van der Waals surface area (Å²) in [7, 11) is 0. The molecule has 1 aliphatic heterocycles. The molecule has 0 spiro atoms. The molecule has 0 N–H and O–H groups in total. The van der Waals surface area contributed by atoms with Crippen LogP contribution in [0.2, 0.25) is 0 Å². The van der Waals surface area contributed by atoms with E-state index in [2.05, 4.69) is 4.99 Å². The van der Waals surface area contributed by atoms with E-state index < -0.39 is 12.0 Å². The Hall–Kier alpha value is -4.50. The number of fused-ring (bicyclic) bond motifs is 1. The van der Waals surface area contributed by atoms with E-state index in [1.807, 2.05) is 50.2 Å². The van der Waals surface area contributed by atoms with Gasteiger partial charge in [0.25, 0.3) is 5.56 Å². The summed E-state index contributed by atoms with van der Waals surface area (Å²) in [6, 6.07) is 20.3. The molecule has 4 aromatic rings. The molecule has 1 aliphatic rings. The van der Waals surface area contributed by atoms with Crippen LogP contribution in [-0.4, -0.2) is 23.2 Å². The summed E-state index contributed by atoms with van der Waals surface area (Å²) in [6.07, 6.45) is 1.67. The number of rotatable bonds is 9. The third-order valence-corrected chi connectivity index (χ3v) is 7.61. The van der Waals surface area contributed by atoms with Gasteiger partial charge in [-0.25, -0.2) is 14.2 Å². The zero-order valence-electron chi connectivity index (χ0n) is 23.8. The van der Waals surface area contributed by atoms with Crippen LogP contribution in [0.15, 0.2) is 93.9 Å². The van der Waals surface area contributed by atoms with Crippen molar-refractivity contribution in [2.75, 3.05) is 6.61 Å². The number of benzene rings is 3. The van der Waals surface area contributed by atoms with Crippen molar-refractivity contribution in [1.82, 2.24) is 4.57 Å². The number of hydrogen-bond acceptors (Lipinski definition) is 7. The minimum absolute atomic E-state index is 0.106. The maximum Gasteiger partial charge on any atom is 0.338 e. The highest BCUT2D eigenvalue weighted by Crippen LogP contribution is 2.36. The topological polar surface area (TPSA) is 79.1 Å². The fourth-order valence-corrected chi connectivity index (χ4v) is 5.79. The van der Waals surface area contributed by atoms with E-state index in [-0.39, 0.29) is 30.7 Å². The van der Waals surface area contributed by atoms with E-state index >= 15 is 0 Å². The van der Waals surface area contributed by atoms with Gasteiger partial charge in [0, 0.05) is 11.1 Å². The van der Waals surface area contributed by atoms with Crippen LogP contribution in [0.1, 0.15) is 50.4 Å². The lowest BCUT2D eigenvalue weighted by atomic mass is 9.95. The molecule has 0 saturated heterocycles. The molecule has 0 radical (unpaired) electrons. The molecule has 7 nitrogen and oxygen atoms in total. The summed E-state index contributed by atoms with van der Waals surface area (Å²) in [5.41, 5.74) is 2.42. The summed E-state index contributed by atoms with van der Waals surface area (Å²) in [4.78, 5) is 32.3. The van der Waals surface area contributed by atoms with E-state index in [4.69, 9.17) is 14.2 Å². The van der Waals surface area contributed by atoms with Gasteiger partial charge in [0.15, 0.2) is 4.80 Å². The zero-order chi connectivity index (χ0) is 29.8. The minimum Gasteiger partial charge on any atom is -0.491 e. The molecular weight excluding hydrogens is 555 g/mol. The van der Waals surface area contributed by atoms with E-state index in [0.29, 0.717) is 43.2 Å². The Balaban J connectivity index is 1.54. The molecule has 1 atom stereocenters. The molecule has 9 heteroatoms. The van der Waals surface area contributed by atoms with Gasteiger partial charge in [-0.2, -0.15) is 0 Å². The normalized spacial score (nSPS) is 14.9. The molecule has 0 bridgehead atoms. The van der Waals surface area contributed by atoms with Gasteiger partial charge < -0.3 is 14.2 Å². The van der Waals surface area contributed by atoms with Crippen LogP contribution in [0.5, 0.6) is 11.5 Å². The molecule has 42 heavy (non-hydrogen) atoms. The fourth-order valence-electron chi connectivity index (χ4n) is 4.74. The van der Waals surface area contributed by atoms with Gasteiger partial charge in [0.1, 0.15) is 30.0 Å². The molecule has 216 valence electrons. The maximum atomic E-state index is 13.9. The number of carbonyl (C=O) groups is 1. The number of hydrogen-bond donors (Lipinski definition) is 0. The largest absolute Gasteiger partial charge is 0.491 e. The Morgan fingerprint density at radius 2 is 1.79 bits per heavy atom. The van der Waals surface area contributed by atoms with E-state index in [1.165, 1.54) is 17.4 Å². The Morgan fingerprint density at radius 3 is 2.50 bits per heavy atom. The average molecular weight is 587 g/mol. The van der Waals surface area contributed by atoms with Crippen LogP contribution in [0.3, 0.4) is 0 Å². The number of allylic oxidation sites excluding steroid dienone is 1. The first-order valence-electron chi connectivity index (χ1n) is 13.7. The Kier molecular flexibility index (Phi) is 8.68. The van der Waals surface area contributed by atoms with Crippen LogP contribution in [0, 0.1) is 5.82 Å². The summed E-state index contributed by atoms with van der Waals surface area (Å²) in [6.45, 7) is 7.63. The van der Waals surface area contributed by atoms with Crippen molar-refractivity contribution < 1.29 is 23.4 Å². The molecule has 0 saturated carbocycles. The van der Waals surface area contributed by atoms with E-state index in [0.717, 1.165) is 5.56 Å². The van der Waals surface area contributed by atoms with Gasteiger partial charge in [-0.1, -0.05) is 59.9 Å². The summed E-state index contributed by atoms with van der Waals surface area (Å²) in [5.74, 6) is 0.314. The van der Waals surface area contributed by atoms with Gasteiger partial charge >= 0.3 is 5.97 Å². The van der Waals surface area contributed by atoms with Crippen molar-refractivity contribution in [3.63, 3.8) is 0 Å². The predicted octanol–water partition coefficient (Wildman–Crippen LogP) is 5.30. The van der Waals surface area contributed by atoms with Crippen LogP contribution < -0.4 is 24.4 Å². The van der Waals surface area contributed by atoms with Gasteiger partial charge in [-0.05, 0) is 63.6 Å². The number of nitrogens with zero attached hydrogens (tertiary/aromatic N) is 2. The standard InChI is InChI=1S/C33H31FN2O5S/c1-5-39-32(38)29-21(4)35-33-36(30(29)25-11-7-9-13-27(25)41-20(2)3)31(37)28(42-33)18-22-14-16-24(17-15-22)40-19-23-10-6-8-12-26(23)34/h6-18,20,30H,5,19H2,1-4H3. The molecule has 2 heterocycles. The second kappa shape index (κ2) is 12.6. The Labute approximate surface area is 246 Å². The number of ether oxygens (including phenoxy) is 3. The zero-order valence-corrected chi connectivity index (χ0v) is 24.6. The summed E-state index contributed by atoms with van der Waals surface area (Å²) in [5, 5.41) is 0. The van der Waals surface area contributed by atoms with Gasteiger partial charge in [-0.3, -0.25) is 9.36 Å². The van der Waals surface area contributed by atoms with Crippen molar-refractivity contribution in [1.29, 1.82) is 0 Å². The lowest BCUT2D eigenvalue weighted by Crippen LogP contribution is -2.40. The number of aromatic nitrogens is 1. The average Bonchev–Trinajstić information content (AvgIpc) is 3.26. The SMILES string of the molecule is CCOC(=O)C1=C(C)N=c2sc(=Cc3ccc(OCc4ccccc4F)cc3)c(=O)n2C1c1ccccc1OC(C)C. The number of carbonyl (C=O) groups excluding carboxylic acids is 1. The van der Waals surface area contributed by atoms with E-state index in [1.54, 1.807) is 54.8 Å². The highest BCUT2D eigenvalue weighted by Gasteiger charge is 2.35. The molecular formula is C33H31FN2O5S. The summed E-state index contributed by atoms with van der Waals surface area (Å²) < 4.78 is 33.2. The molecule has 1 unspecified atom stereocenters. The van der Waals surface area contributed by atoms with Crippen molar-refractivity contribution in [2.24, 2.45) is 4.99 Å². The second-order valence-corrected chi connectivity index (χ2v) is 11.0. The third-order valence-electron chi connectivity index (χ3n) is 6.62. The smallest absolute Gasteiger partial charge is 0.338 e. The molecule has 5 rings (SSSR count). The first kappa shape index (κ1) is 29.0. The molecule has 0 fully saturated rings. The van der Waals surface area contributed by atoms with Crippen molar-refractivity contribution in [3.8, 4) is 11.5 Å². The van der Waals surface area contributed by atoms with Crippen LogP contribution in [0.25, 0.3) is 6.08 Å². The third kappa shape index (κ3) is 6.06. The lowest BCUT2D eigenvalue weighted by Gasteiger charge is -2.26. The number of esters is 1. The van der Waals surface area contributed by atoms with Crippen LogP contribution in [0.4, 0.5) is 4.39 Å². The number of para-hydroxylation sites is 1. The van der Waals surface area contributed by atoms with Gasteiger partial charge in [0.05, 0.1) is 28.5 Å². The maximum absolute atomic E-state index is 13.9. The predicted molar refractivity (Wildman–Crippen MR) is 160 cm³/mol. The van der Waals surface area contributed by atoms with Crippen LogP contribution in [-0.2, 0) is 16.1 Å². The quantitative estimate of drug-likeness (QED) is 0.249. The first-order valence-corrected chi connectivity index (χ1v) is 14.5. The van der Waals surface area contributed by atoms with Crippen molar-refractivity contribution in [2.45, 2.75) is 46.4 Å². The molecule has 1 aromatic heterocycles. The summed E-state index contributed by atoms with van der Waals surface area (Å²) >= 11 is 1.25. The second-order valence-electron chi connectivity index (χ2n) is 9.96. The Morgan fingerprint density at radius 1 is 1.07 bits per heavy atom. The van der Waals surface area contributed by atoms with E-state index in [9.17, 15) is 14.0 Å². The van der Waals surface area contributed by atoms with Crippen molar-refractivity contribution in [3.05, 3.63) is 126 Å². The monoisotopic (exact) mass is 586 g/mol. The fraction of sp³-hybridized carbons (Fsp3) is 0.242. The number of thiazole rings is 1. The molecule has 3 aromatic carbocycles. The molecule has 0 amide bonds. The van der Waals surface area contributed by atoms with Crippen LogP contribution >= 0.6 is 11.3 Å².